The van der Waals surface area contributed by atoms with Gasteiger partial charge < -0.3 is 10.1 Å². The molecule has 1 aliphatic heterocycles. The summed E-state index contributed by atoms with van der Waals surface area (Å²) in [6, 6.07) is 7.37. The van der Waals surface area contributed by atoms with Crippen molar-refractivity contribution in [3.8, 4) is 5.75 Å². The molecule has 17 heavy (non-hydrogen) atoms. The number of ketones is 1. The molecule has 0 amide bonds. The summed E-state index contributed by atoms with van der Waals surface area (Å²) < 4.78 is 5.73. The van der Waals surface area contributed by atoms with Gasteiger partial charge in [0.2, 0.25) is 0 Å². The van der Waals surface area contributed by atoms with Crippen LogP contribution < -0.4 is 10.1 Å². The van der Waals surface area contributed by atoms with Crippen LogP contribution in [-0.4, -0.2) is 25.5 Å². The van der Waals surface area contributed by atoms with Gasteiger partial charge in [0.15, 0.2) is 5.78 Å². The molecule has 3 nitrogen and oxygen atoms in total. The van der Waals surface area contributed by atoms with Crippen LogP contribution in [0.2, 0.25) is 0 Å². The summed E-state index contributed by atoms with van der Waals surface area (Å²) in [5.74, 6) is 1.55. The van der Waals surface area contributed by atoms with E-state index in [4.69, 9.17) is 4.74 Å². The van der Waals surface area contributed by atoms with Gasteiger partial charge in [-0.1, -0.05) is 0 Å². The number of Topliss-reactive ketones (excluding diaryl/α,β-unsaturated/α-hetero) is 1. The monoisotopic (exact) mass is 233 g/mol. The molecule has 1 aliphatic rings. The van der Waals surface area contributed by atoms with Crippen LogP contribution >= 0.6 is 0 Å². The fraction of sp³-hybridized carbons (Fsp3) is 0.500. The van der Waals surface area contributed by atoms with Gasteiger partial charge in [0.25, 0.3) is 0 Å². The standard InChI is InChI=1S/C14H19NO2/c1-11(16)13-4-6-14(7-5-13)17-10-12-3-2-8-15-9-12/h4-7,12,15H,2-3,8-10H2,1H3/t12-/m0/s1. The van der Waals surface area contributed by atoms with Crippen molar-refractivity contribution >= 4 is 5.78 Å². The van der Waals surface area contributed by atoms with Gasteiger partial charge in [-0.3, -0.25) is 4.79 Å². The second kappa shape index (κ2) is 5.82. The van der Waals surface area contributed by atoms with E-state index in [9.17, 15) is 4.79 Å². The molecule has 0 aromatic heterocycles. The number of hydrogen-bond acceptors (Lipinski definition) is 3. The maximum absolute atomic E-state index is 11.1. The maximum Gasteiger partial charge on any atom is 0.159 e. The van der Waals surface area contributed by atoms with Crippen LogP contribution in [0.25, 0.3) is 0 Å². The topological polar surface area (TPSA) is 38.3 Å². The molecule has 92 valence electrons. The summed E-state index contributed by atoms with van der Waals surface area (Å²) in [5.41, 5.74) is 0.733. The van der Waals surface area contributed by atoms with E-state index in [0.717, 1.165) is 31.0 Å². The number of carbonyl (C=O) groups excluding carboxylic acids is 1. The predicted molar refractivity (Wildman–Crippen MR) is 67.5 cm³/mol. The quantitative estimate of drug-likeness (QED) is 0.811. The highest BCUT2D eigenvalue weighted by Crippen LogP contribution is 2.16. The molecule has 2 rings (SSSR count). The summed E-state index contributed by atoms with van der Waals surface area (Å²) >= 11 is 0. The highest BCUT2D eigenvalue weighted by atomic mass is 16.5. The molecule has 0 unspecified atom stereocenters. The largest absolute Gasteiger partial charge is 0.493 e. The van der Waals surface area contributed by atoms with E-state index >= 15 is 0 Å². The minimum atomic E-state index is 0.0908. The van der Waals surface area contributed by atoms with Crippen LogP contribution in [0.4, 0.5) is 0 Å². The van der Waals surface area contributed by atoms with Crippen molar-refractivity contribution in [2.45, 2.75) is 19.8 Å². The maximum atomic E-state index is 11.1. The van der Waals surface area contributed by atoms with Gasteiger partial charge in [0.1, 0.15) is 5.75 Å². The van der Waals surface area contributed by atoms with Crippen molar-refractivity contribution in [2.75, 3.05) is 19.7 Å². The summed E-state index contributed by atoms with van der Waals surface area (Å²) in [6.07, 6.45) is 2.47. The van der Waals surface area contributed by atoms with Crippen LogP contribution in [0.5, 0.6) is 5.75 Å². The lowest BCUT2D eigenvalue weighted by molar-refractivity contribution is 0.101. The Morgan fingerprint density at radius 3 is 2.76 bits per heavy atom. The van der Waals surface area contributed by atoms with Crippen molar-refractivity contribution < 1.29 is 9.53 Å². The van der Waals surface area contributed by atoms with Gasteiger partial charge in [-0.25, -0.2) is 0 Å². The fourth-order valence-corrected chi connectivity index (χ4v) is 2.07. The molecule has 1 heterocycles. The highest BCUT2D eigenvalue weighted by molar-refractivity contribution is 5.94. The normalized spacial score (nSPS) is 19.9. The van der Waals surface area contributed by atoms with E-state index in [2.05, 4.69) is 5.32 Å². The smallest absolute Gasteiger partial charge is 0.159 e. The number of carbonyl (C=O) groups is 1. The summed E-state index contributed by atoms with van der Waals surface area (Å²) in [6.45, 7) is 4.51. The highest BCUT2D eigenvalue weighted by Gasteiger charge is 2.13. The Balaban J connectivity index is 1.84. The molecule has 0 aliphatic carbocycles. The van der Waals surface area contributed by atoms with Crippen molar-refractivity contribution in [2.24, 2.45) is 5.92 Å². The zero-order valence-corrected chi connectivity index (χ0v) is 10.2. The predicted octanol–water partition coefficient (Wildman–Crippen LogP) is 2.27. The Bertz CT molecular complexity index is 366. The molecule has 0 radical (unpaired) electrons. The lowest BCUT2D eigenvalue weighted by atomic mass is 10.0. The van der Waals surface area contributed by atoms with Gasteiger partial charge in [-0.15, -0.1) is 0 Å². The second-order valence-corrected chi connectivity index (χ2v) is 4.60. The number of nitrogens with one attached hydrogen (secondary N) is 1. The molecule has 1 N–H and O–H groups in total. The zero-order valence-electron chi connectivity index (χ0n) is 10.2. The molecule has 0 saturated carbocycles. The Kier molecular flexibility index (Phi) is 4.15. The van der Waals surface area contributed by atoms with E-state index in [1.807, 2.05) is 24.3 Å². The number of hydrogen-bond donors (Lipinski definition) is 1. The molecule has 1 saturated heterocycles. The summed E-state index contributed by atoms with van der Waals surface area (Å²) in [7, 11) is 0. The van der Waals surface area contributed by atoms with E-state index in [0.29, 0.717) is 5.92 Å². The summed E-state index contributed by atoms with van der Waals surface area (Å²) in [4.78, 5) is 11.1. The van der Waals surface area contributed by atoms with Gasteiger partial charge in [0.05, 0.1) is 6.61 Å². The number of benzene rings is 1. The van der Waals surface area contributed by atoms with E-state index in [-0.39, 0.29) is 5.78 Å². The molecule has 0 spiro atoms. The lowest BCUT2D eigenvalue weighted by Gasteiger charge is -2.22. The molecule has 1 aromatic carbocycles. The minimum absolute atomic E-state index is 0.0908. The van der Waals surface area contributed by atoms with Crippen LogP contribution in [0, 0.1) is 5.92 Å². The first-order valence-corrected chi connectivity index (χ1v) is 6.20. The Labute approximate surface area is 102 Å². The van der Waals surface area contributed by atoms with Crippen LogP contribution in [0.3, 0.4) is 0 Å². The lowest BCUT2D eigenvalue weighted by Crippen LogP contribution is -2.33. The first kappa shape index (κ1) is 12.1. The third kappa shape index (κ3) is 3.56. The van der Waals surface area contributed by atoms with Crippen molar-refractivity contribution in [1.82, 2.24) is 5.32 Å². The Morgan fingerprint density at radius 2 is 2.18 bits per heavy atom. The Hall–Kier alpha value is -1.35. The molecule has 1 fully saturated rings. The Morgan fingerprint density at radius 1 is 1.41 bits per heavy atom. The van der Waals surface area contributed by atoms with Crippen LogP contribution in [0.1, 0.15) is 30.1 Å². The third-order valence-corrected chi connectivity index (χ3v) is 3.15. The van der Waals surface area contributed by atoms with Crippen molar-refractivity contribution in [1.29, 1.82) is 0 Å². The minimum Gasteiger partial charge on any atom is -0.493 e. The average Bonchev–Trinajstić information content (AvgIpc) is 2.38. The number of piperidine rings is 1. The van der Waals surface area contributed by atoms with Crippen molar-refractivity contribution in [3.63, 3.8) is 0 Å². The summed E-state index contributed by atoms with van der Waals surface area (Å²) in [5, 5.41) is 3.37. The molecule has 3 heteroatoms. The van der Waals surface area contributed by atoms with Gasteiger partial charge in [-0.05, 0) is 50.6 Å². The molecule has 1 aromatic rings. The molecular weight excluding hydrogens is 214 g/mol. The molecular formula is C14H19NO2. The fourth-order valence-electron chi connectivity index (χ4n) is 2.07. The third-order valence-electron chi connectivity index (χ3n) is 3.15. The zero-order chi connectivity index (χ0) is 12.1. The van der Waals surface area contributed by atoms with Crippen LogP contribution in [-0.2, 0) is 0 Å². The first-order valence-electron chi connectivity index (χ1n) is 6.20. The number of ether oxygens (including phenoxy) is 1. The van der Waals surface area contributed by atoms with E-state index in [1.54, 1.807) is 6.92 Å². The SMILES string of the molecule is CC(=O)c1ccc(OC[C@H]2CCCNC2)cc1. The van der Waals surface area contributed by atoms with E-state index < -0.39 is 0 Å². The van der Waals surface area contributed by atoms with Gasteiger partial charge in [0, 0.05) is 18.0 Å². The van der Waals surface area contributed by atoms with Crippen LogP contribution in [0.15, 0.2) is 24.3 Å². The van der Waals surface area contributed by atoms with Crippen molar-refractivity contribution in [3.05, 3.63) is 29.8 Å². The van der Waals surface area contributed by atoms with E-state index in [1.165, 1.54) is 12.8 Å². The molecule has 1 atom stereocenters. The average molecular weight is 233 g/mol. The van der Waals surface area contributed by atoms with Gasteiger partial charge in [-0.2, -0.15) is 0 Å². The first-order chi connectivity index (χ1) is 8.25. The number of rotatable bonds is 4. The second-order valence-electron chi connectivity index (χ2n) is 4.60. The molecule has 0 bridgehead atoms. The van der Waals surface area contributed by atoms with Gasteiger partial charge >= 0.3 is 0 Å².